The molecule has 0 unspecified atom stereocenters. The third-order valence-electron chi connectivity index (χ3n) is 4.61. The fourth-order valence-electron chi connectivity index (χ4n) is 3.24. The van der Waals surface area contributed by atoms with E-state index in [4.69, 9.17) is 23.2 Å². The first-order valence-electron chi connectivity index (χ1n) is 9.01. The summed E-state index contributed by atoms with van der Waals surface area (Å²) in [6.07, 6.45) is 1.89. The second kappa shape index (κ2) is 8.63. The van der Waals surface area contributed by atoms with Crippen LogP contribution in [0, 0.1) is 13.8 Å². The lowest BCUT2D eigenvalue weighted by Gasteiger charge is -2.10. The van der Waals surface area contributed by atoms with Crippen molar-refractivity contribution in [3.8, 4) is 5.69 Å². The first kappa shape index (κ1) is 21.2. The molecular formula is C22H16BrCl2N3OS. The van der Waals surface area contributed by atoms with Crippen LogP contribution in [-0.4, -0.2) is 15.6 Å². The zero-order chi connectivity index (χ0) is 21.4. The Kier molecular flexibility index (Phi) is 6.11. The van der Waals surface area contributed by atoms with Gasteiger partial charge in [-0.05, 0) is 79.7 Å². The van der Waals surface area contributed by atoms with E-state index in [1.165, 1.54) is 11.8 Å². The highest BCUT2D eigenvalue weighted by atomic mass is 79.9. The second-order valence-corrected chi connectivity index (χ2v) is 9.48. The molecule has 1 amide bonds. The zero-order valence-corrected chi connectivity index (χ0v) is 20.0. The van der Waals surface area contributed by atoms with Crippen LogP contribution in [0.3, 0.4) is 0 Å². The smallest absolute Gasteiger partial charge is 0.264 e. The highest BCUT2D eigenvalue weighted by Crippen LogP contribution is 2.32. The van der Waals surface area contributed by atoms with E-state index < -0.39 is 0 Å². The van der Waals surface area contributed by atoms with Gasteiger partial charge in [-0.1, -0.05) is 45.2 Å². The maximum absolute atomic E-state index is 12.5. The summed E-state index contributed by atoms with van der Waals surface area (Å²) in [7, 11) is 0. The van der Waals surface area contributed by atoms with E-state index >= 15 is 0 Å². The van der Waals surface area contributed by atoms with Gasteiger partial charge in [-0.3, -0.25) is 4.79 Å². The van der Waals surface area contributed by atoms with Crippen LogP contribution >= 0.6 is 50.9 Å². The van der Waals surface area contributed by atoms with E-state index in [9.17, 15) is 4.79 Å². The molecule has 4 nitrogen and oxygen atoms in total. The fraction of sp³-hybridized carbons (Fsp3) is 0.0909. The van der Waals surface area contributed by atoms with Gasteiger partial charge in [0.05, 0.1) is 20.6 Å². The minimum Gasteiger partial charge on any atom is -0.318 e. The van der Waals surface area contributed by atoms with Crippen molar-refractivity contribution in [1.82, 2.24) is 9.88 Å². The molecule has 4 rings (SSSR count). The average molecular weight is 521 g/mol. The van der Waals surface area contributed by atoms with Gasteiger partial charge in [-0.25, -0.2) is 4.99 Å². The number of aryl methyl sites for hydroxylation is 1. The number of amides is 1. The summed E-state index contributed by atoms with van der Waals surface area (Å²) in [5.74, 6) is -0.159. The van der Waals surface area contributed by atoms with Gasteiger partial charge in [0.15, 0.2) is 5.17 Å². The van der Waals surface area contributed by atoms with Gasteiger partial charge in [0, 0.05) is 21.5 Å². The van der Waals surface area contributed by atoms with Crippen molar-refractivity contribution in [2.45, 2.75) is 13.8 Å². The Morgan fingerprint density at radius 2 is 1.90 bits per heavy atom. The van der Waals surface area contributed by atoms with Crippen LogP contribution in [0.5, 0.6) is 0 Å². The Labute approximate surface area is 197 Å². The van der Waals surface area contributed by atoms with Gasteiger partial charge in [0.2, 0.25) is 0 Å². The quantitative estimate of drug-likeness (QED) is 0.376. The van der Waals surface area contributed by atoms with Gasteiger partial charge in [0.25, 0.3) is 5.91 Å². The number of nitrogens with one attached hydrogen (secondary N) is 1. The highest BCUT2D eigenvalue weighted by Gasteiger charge is 2.24. The number of rotatable bonds is 3. The summed E-state index contributed by atoms with van der Waals surface area (Å²) in [5, 5.41) is 4.40. The lowest BCUT2D eigenvalue weighted by molar-refractivity contribution is -0.115. The average Bonchev–Trinajstić information content (AvgIpc) is 3.16. The summed E-state index contributed by atoms with van der Waals surface area (Å²) in [6.45, 7) is 4.02. The molecule has 1 N–H and O–H groups in total. The van der Waals surface area contributed by atoms with Crippen LogP contribution in [0.4, 0.5) is 5.69 Å². The van der Waals surface area contributed by atoms with Gasteiger partial charge in [-0.15, -0.1) is 0 Å². The van der Waals surface area contributed by atoms with E-state index in [0.29, 0.717) is 20.1 Å². The number of hydrogen-bond donors (Lipinski definition) is 1. The van der Waals surface area contributed by atoms with Gasteiger partial charge in [-0.2, -0.15) is 0 Å². The molecular weight excluding hydrogens is 505 g/mol. The molecule has 2 heterocycles. The molecule has 1 saturated heterocycles. The number of carbonyl (C=O) groups is 1. The van der Waals surface area contributed by atoms with Crippen molar-refractivity contribution < 1.29 is 4.79 Å². The molecule has 30 heavy (non-hydrogen) atoms. The van der Waals surface area contributed by atoms with E-state index in [1.54, 1.807) is 6.07 Å². The van der Waals surface area contributed by atoms with Crippen molar-refractivity contribution in [1.29, 1.82) is 0 Å². The number of aromatic nitrogens is 1. The summed E-state index contributed by atoms with van der Waals surface area (Å²) < 4.78 is 3.02. The molecule has 0 radical (unpaired) electrons. The monoisotopic (exact) mass is 519 g/mol. The Balaban J connectivity index is 1.65. The van der Waals surface area contributed by atoms with Gasteiger partial charge >= 0.3 is 0 Å². The van der Waals surface area contributed by atoms with Crippen molar-refractivity contribution in [2.75, 3.05) is 0 Å². The van der Waals surface area contributed by atoms with Crippen molar-refractivity contribution in [3.05, 3.63) is 84.9 Å². The lowest BCUT2D eigenvalue weighted by Crippen LogP contribution is -2.19. The molecule has 1 aliphatic rings. The van der Waals surface area contributed by atoms with E-state index in [-0.39, 0.29) is 5.91 Å². The largest absolute Gasteiger partial charge is 0.318 e. The fourth-order valence-corrected chi connectivity index (χ4v) is 4.75. The van der Waals surface area contributed by atoms with Crippen molar-refractivity contribution in [2.24, 2.45) is 4.99 Å². The number of hydrogen-bond acceptors (Lipinski definition) is 3. The molecule has 0 atom stereocenters. The summed E-state index contributed by atoms with van der Waals surface area (Å²) >= 11 is 17.0. The minimum atomic E-state index is -0.159. The Bertz CT molecular complexity index is 1230. The van der Waals surface area contributed by atoms with E-state index in [0.717, 1.165) is 32.8 Å². The van der Waals surface area contributed by atoms with Crippen LogP contribution in [0.15, 0.2) is 62.9 Å². The Hall–Kier alpha value is -1.99. The molecule has 0 aliphatic carbocycles. The molecule has 152 valence electrons. The number of halogens is 3. The molecule has 0 spiro atoms. The third kappa shape index (κ3) is 4.37. The van der Waals surface area contributed by atoms with Gasteiger partial charge in [0.1, 0.15) is 0 Å². The maximum atomic E-state index is 12.5. The SMILES string of the molecule is Cc1cc(/C=C2/SC(=Nc3cccc(Br)c3)NC2=O)c(C)n1-c1ccc(Cl)c(Cl)c1. The Morgan fingerprint density at radius 3 is 2.63 bits per heavy atom. The summed E-state index contributed by atoms with van der Waals surface area (Å²) in [5.41, 5.74) is 4.68. The summed E-state index contributed by atoms with van der Waals surface area (Å²) in [6, 6.07) is 15.2. The van der Waals surface area contributed by atoms with Gasteiger partial charge < -0.3 is 9.88 Å². The number of benzene rings is 2. The number of aliphatic imine (C=N–C) groups is 1. The molecule has 1 aliphatic heterocycles. The molecule has 0 saturated carbocycles. The van der Waals surface area contributed by atoms with Crippen molar-refractivity contribution >= 4 is 73.7 Å². The predicted molar refractivity (Wildman–Crippen MR) is 130 cm³/mol. The maximum Gasteiger partial charge on any atom is 0.264 e. The molecule has 1 fully saturated rings. The first-order valence-corrected chi connectivity index (χ1v) is 11.4. The van der Waals surface area contributed by atoms with Crippen LogP contribution < -0.4 is 5.32 Å². The lowest BCUT2D eigenvalue weighted by atomic mass is 10.2. The van der Waals surface area contributed by atoms with Crippen LogP contribution in [0.1, 0.15) is 17.0 Å². The summed E-state index contributed by atoms with van der Waals surface area (Å²) in [4.78, 5) is 17.6. The highest BCUT2D eigenvalue weighted by molar-refractivity contribution is 9.10. The number of thioether (sulfide) groups is 1. The molecule has 1 aromatic heterocycles. The van der Waals surface area contributed by atoms with E-state index in [1.807, 2.05) is 62.4 Å². The van der Waals surface area contributed by atoms with E-state index in [2.05, 4.69) is 30.8 Å². The molecule has 0 bridgehead atoms. The molecule has 8 heteroatoms. The number of amidine groups is 1. The normalized spacial score (nSPS) is 16.5. The van der Waals surface area contributed by atoms with Crippen LogP contribution in [0.2, 0.25) is 10.0 Å². The Morgan fingerprint density at radius 1 is 1.10 bits per heavy atom. The second-order valence-electron chi connectivity index (χ2n) is 6.72. The number of carbonyl (C=O) groups excluding carboxylic acids is 1. The molecule has 2 aromatic carbocycles. The van der Waals surface area contributed by atoms with Crippen LogP contribution in [-0.2, 0) is 4.79 Å². The third-order valence-corrected chi connectivity index (χ3v) is 6.75. The zero-order valence-electron chi connectivity index (χ0n) is 16.0. The minimum absolute atomic E-state index is 0.159. The standard InChI is InChI=1S/C22H16BrCl2N3OS/c1-12-8-14(13(2)28(12)17-6-7-18(24)19(25)11-17)9-20-21(29)27-22(30-20)26-16-5-3-4-15(23)10-16/h3-11H,1-2H3,(H,26,27,29)/b20-9+. The number of nitrogens with zero attached hydrogens (tertiary/aromatic N) is 2. The first-order chi connectivity index (χ1) is 14.3. The predicted octanol–water partition coefficient (Wildman–Crippen LogP) is 7.06. The molecule has 3 aromatic rings. The van der Waals surface area contributed by atoms with Crippen molar-refractivity contribution in [3.63, 3.8) is 0 Å². The van der Waals surface area contributed by atoms with Crippen LogP contribution in [0.25, 0.3) is 11.8 Å². The topological polar surface area (TPSA) is 46.4 Å².